The Morgan fingerprint density at radius 3 is 2.42 bits per heavy atom. The topological polar surface area (TPSA) is 110 Å². The van der Waals surface area contributed by atoms with E-state index in [0.29, 0.717) is 28.2 Å². The van der Waals surface area contributed by atoms with Crippen molar-refractivity contribution < 1.29 is 17.2 Å². The molecule has 1 aliphatic heterocycles. The first-order valence-electron chi connectivity index (χ1n) is 13.4. The van der Waals surface area contributed by atoms with Crippen LogP contribution >= 0.6 is 0 Å². The number of halogens is 2. The molecule has 0 radical (unpaired) electrons. The minimum Gasteiger partial charge on any atom is -0.357 e. The Kier molecular flexibility index (Phi) is 7.85. The molecule has 40 heavy (non-hydrogen) atoms. The van der Waals surface area contributed by atoms with E-state index in [4.69, 9.17) is 10.1 Å². The lowest BCUT2D eigenvalue weighted by Crippen LogP contribution is -2.43. The van der Waals surface area contributed by atoms with Gasteiger partial charge in [0.05, 0.1) is 11.0 Å². The maximum absolute atomic E-state index is 16.0. The van der Waals surface area contributed by atoms with Gasteiger partial charge in [-0.05, 0) is 44.0 Å². The Labute approximate surface area is 232 Å². The van der Waals surface area contributed by atoms with Gasteiger partial charge in [0.15, 0.2) is 5.82 Å². The van der Waals surface area contributed by atoms with Crippen LogP contribution < -0.4 is 10.0 Å². The fourth-order valence-electron chi connectivity index (χ4n) is 5.59. The molecule has 1 aromatic carbocycles. The van der Waals surface area contributed by atoms with E-state index in [2.05, 4.69) is 26.7 Å². The smallest absolute Gasteiger partial charge is 0.216 e. The summed E-state index contributed by atoms with van der Waals surface area (Å²) in [5.74, 6) is -1.09. The summed E-state index contributed by atoms with van der Waals surface area (Å²) >= 11 is 0. The zero-order chi connectivity index (χ0) is 28.6. The SMILES string of the molecule is CCC(c1ccc(F)c(-n2cc(-c3cncnc3)c3nc(N(C)C4CCN(CC)CC4)ccc32)c1F)S(N)(=O)=O. The van der Waals surface area contributed by atoms with Crippen LogP contribution in [-0.2, 0) is 10.0 Å². The molecule has 1 fully saturated rings. The molecule has 1 atom stereocenters. The molecule has 2 N–H and O–H groups in total. The minimum absolute atomic E-state index is 0.0360. The first-order valence-corrected chi connectivity index (χ1v) is 15.0. The van der Waals surface area contributed by atoms with Crippen molar-refractivity contribution in [2.45, 2.75) is 44.4 Å². The van der Waals surface area contributed by atoms with Gasteiger partial charge in [-0.1, -0.05) is 19.9 Å². The second-order valence-corrected chi connectivity index (χ2v) is 11.9. The van der Waals surface area contributed by atoms with Crippen molar-refractivity contribution >= 4 is 26.9 Å². The van der Waals surface area contributed by atoms with Crippen molar-refractivity contribution in [3.63, 3.8) is 0 Å². The lowest BCUT2D eigenvalue weighted by molar-refractivity contribution is 0.220. The number of aromatic nitrogens is 4. The highest BCUT2D eigenvalue weighted by Gasteiger charge is 2.29. The molecule has 212 valence electrons. The average Bonchev–Trinajstić information content (AvgIpc) is 3.32. The molecular formula is C28H33F2N7O2S. The lowest BCUT2D eigenvalue weighted by Gasteiger charge is -2.36. The minimum atomic E-state index is -4.12. The van der Waals surface area contributed by atoms with Crippen LogP contribution in [0, 0.1) is 11.6 Å². The van der Waals surface area contributed by atoms with Gasteiger partial charge in [-0.3, -0.25) is 0 Å². The molecule has 0 amide bonds. The number of primary sulfonamides is 1. The third-order valence-electron chi connectivity index (χ3n) is 7.87. The van der Waals surface area contributed by atoms with E-state index in [0.717, 1.165) is 50.4 Å². The fourth-order valence-corrected chi connectivity index (χ4v) is 6.59. The van der Waals surface area contributed by atoms with E-state index in [1.165, 1.54) is 10.9 Å². The second-order valence-electron chi connectivity index (χ2n) is 10.1. The Bertz CT molecular complexity index is 1620. The van der Waals surface area contributed by atoms with Crippen LogP contribution in [-0.4, -0.2) is 65.6 Å². The van der Waals surface area contributed by atoms with E-state index in [1.54, 1.807) is 31.6 Å². The van der Waals surface area contributed by atoms with Crippen molar-refractivity contribution in [3.8, 4) is 16.8 Å². The first-order chi connectivity index (χ1) is 19.1. The Morgan fingerprint density at radius 2 is 1.80 bits per heavy atom. The Balaban J connectivity index is 1.66. The molecule has 4 aromatic rings. The molecule has 12 heteroatoms. The van der Waals surface area contributed by atoms with Gasteiger partial charge in [0.25, 0.3) is 0 Å². The van der Waals surface area contributed by atoms with E-state index in [1.807, 2.05) is 13.1 Å². The van der Waals surface area contributed by atoms with E-state index >= 15 is 8.78 Å². The number of fused-ring (bicyclic) bond motifs is 1. The van der Waals surface area contributed by atoms with E-state index in [9.17, 15) is 8.42 Å². The van der Waals surface area contributed by atoms with Gasteiger partial charge in [-0.2, -0.15) is 0 Å². The maximum atomic E-state index is 16.0. The number of piperidine rings is 1. The Hall–Kier alpha value is -3.48. The van der Waals surface area contributed by atoms with Gasteiger partial charge in [0.1, 0.15) is 28.9 Å². The van der Waals surface area contributed by atoms with E-state index < -0.39 is 32.6 Å². The molecule has 3 aromatic heterocycles. The number of sulfonamides is 1. The lowest BCUT2D eigenvalue weighted by atomic mass is 10.0. The summed E-state index contributed by atoms with van der Waals surface area (Å²) in [6, 6.07) is 6.14. The van der Waals surface area contributed by atoms with Crippen molar-refractivity contribution in [1.29, 1.82) is 0 Å². The van der Waals surface area contributed by atoms with Gasteiger partial charge < -0.3 is 14.4 Å². The summed E-state index contributed by atoms with van der Waals surface area (Å²) in [6.07, 6.45) is 8.27. The van der Waals surface area contributed by atoms with Gasteiger partial charge in [0, 0.05) is 61.5 Å². The summed E-state index contributed by atoms with van der Waals surface area (Å²) in [5.41, 5.74) is 1.61. The quantitative estimate of drug-likeness (QED) is 0.335. The number of likely N-dealkylation sites (tertiary alicyclic amines) is 1. The van der Waals surface area contributed by atoms with Gasteiger partial charge in [0.2, 0.25) is 10.0 Å². The third kappa shape index (κ3) is 5.18. The highest BCUT2D eigenvalue weighted by molar-refractivity contribution is 7.89. The molecule has 9 nitrogen and oxygen atoms in total. The second kappa shape index (κ2) is 11.2. The van der Waals surface area contributed by atoms with Crippen molar-refractivity contribution in [3.05, 3.63) is 66.4 Å². The highest BCUT2D eigenvalue weighted by atomic mass is 32.2. The van der Waals surface area contributed by atoms with Crippen molar-refractivity contribution in [2.75, 3.05) is 31.6 Å². The summed E-state index contributed by atoms with van der Waals surface area (Å²) < 4.78 is 57.1. The normalized spacial score (nSPS) is 15.9. The summed E-state index contributed by atoms with van der Waals surface area (Å²) in [7, 11) is -2.11. The van der Waals surface area contributed by atoms with Crippen LogP contribution in [0.2, 0.25) is 0 Å². The van der Waals surface area contributed by atoms with Gasteiger partial charge in [-0.25, -0.2) is 37.3 Å². The third-order valence-corrected chi connectivity index (χ3v) is 9.25. The van der Waals surface area contributed by atoms with Crippen LogP contribution in [0.15, 0.2) is 49.2 Å². The fraction of sp³-hybridized carbons (Fsp3) is 0.393. The number of hydrogen-bond donors (Lipinski definition) is 1. The molecular weight excluding hydrogens is 536 g/mol. The number of hydrogen-bond acceptors (Lipinski definition) is 7. The standard InChI is InChI=1S/C28H33F2N7O2S/c1-4-24(40(31,38)39)20-6-7-22(29)28(26(20)30)37-16-21(18-14-32-17-33-15-18)27-23(37)8-9-25(34-27)35(3)19-10-12-36(5-2)13-11-19/h6-9,14-17,19,24H,4-5,10-13H2,1-3H3,(H2,31,38,39). The molecule has 1 unspecified atom stereocenters. The summed E-state index contributed by atoms with van der Waals surface area (Å²) in [5, 5.41) is 4.07. The van der Waals surface area contributed by atoms with E-state index in [-0.39, 0.29) is 12.0 Å². The summed E-state index contributed by atoms with van der Waals surface area (Å²) in [6.45, 7) is 6.81. The number of pyridine rings is 1. The monoisotopic (exact) mass is 569 g/mol. The van der Waals surface area contributed by atoms with Crippen LogP contribution in [0.3, 0.4) is 0 Å². The number of anilines is 1. The molecule has 1 aliphatic rings. The largest absolute Gasteiger partial charge is 0.357 e. The number of rotatable bonds is 8. The Morgan fingerprint density at radius 1 is 1.10 bits per heavy atom. The van der Waals surface area contributed by atoms with Gasteiger partial charge in [-0.15, -0.1) is 0 Å². The van der Waals surface area contributed by atoms with Crippen LogP contribution in [0.4, 0.5) is 14.6 Å². The molecule has 0 saturated carbocycles. The zero-order valence-electron chi connectivity index (χ0n) is 22.8. The van der Waals surface area contributed by atoms with Crippen LogP contribution in [0.1, 0.15) is 43.9 Å². The number of benzene rings is 1. The summed E-state index contributed by atoms with van der Waals surface area (Å²) in [4.78, 5) is 17.8. The molecule has 0 aliphatic carbocycles. The predicted octanol–water partition coefficient (Wildman–Crippen LogP) is 4.42. The molecule has 5 rings (SSSR count). The molecule has 0 spiro atoms. The van der Waals surface area contributed by atoms with Crippen LogP contribution in [0.25, 0.3) is 27.8 Å². The molecule has 4 heterocycles. The van der Waals surface area contributed by atoms with Crippen LogP contribution in [0.5, 0.6) is 0 Å². The highest BCUT2D eigenvalue weighted by Crippen LogP contribution is 2.37. The van der Waals surface area contributed by atoms with Crippen molar-refractivity contribution in [2.24, 2.45) is 5.14 Å². The molecule has 0 bridgehead atoms. The van der Waals surface area contributed by atoms with Gasteiger partial charge >= 0.3 is 0 Å². The van der Waals surface area contributed by atoms with Crippen molar-refractivity contribution in [1.82, 2.24) is 24.4 Å². The zero-order valence-corrected chi connectivity index (χ0v) is 23.6. The maximum Gasteiger partial charge on any atom is 0.216 e. The molecule has 1 saturated heterocycles. The first kappa shape index (κ1) is 28.1. The predicted molar refractivity (Wildman–Crippen MR) is 152 cm³/mol. The average molecular weight is 570 g/mol. The number of nitrogens with two attached hydrogens (primary N) is 1. The number of nitrogens with zero attached hydrogens (tertiary/aromatic N) is 6.